The van der Waals surface area contributed by atoms with Crippen LogP contribution in [0.4, 0.5) is 0 Å². The van der Waals surface area contributed by atoms with Crippen molar-refractivity contribution in [2.24, 2.45) is 5.73 Å². The van der Waals surface area contributed by atoms with Gasteiger partial charge in [-0.05, 0) is 49.4 Å². The van der Waals surface area contributed by atoms with Gasteiger partial charge in [-0.1, -0.05) is 17.7 Å². The summed E-state index contributed by atoms with van der Waals surface area (Å²) in [5.74, 6) is 0. The summed E-state index contributed by atoms with van der Waals surface area (Å²) in [6, 6.07) is 6.12. The van der Waals surface area contributed by atoms with Crippen LogP contribution in [0.1, 0.15) is 16.9 Å². The Bertz CT molecular complexity index is 476. The van der Waals surface area contributed by atoms with Crippen molar-refractivity contribution in [3.8, 4) is 0 Å². The monoisotopic (exact) mass is 239 g/mol. The van der Waals surface area contributed by atoms with Crippen molar-refractivity contribution < 1.29 is 0 Å². The predicted octanol–water partition coefficient (Wildman–Crippen LogP) is 3.75. The summed E-state index contributed by atoms with van der Waals surface area (Å²) in [6.07, 6.45) is 2.12. The fourth-order valence-corrected chi connectivity index (χ4v) is 3.22. The number of hydrogen-bond donors (Lipinski definition) is 1. The first kappa shape index (κ1) is 10.9. The summed E-state index contributed by atoms with van der Waals surface area (Å²) in [7, 11) is 0. The molecule has 0 spiro atoms. The molecule has 0 aliphatic rings. The third-order valence-corrected chi connectivity index (χ3v) is 3.93. The Balaban J connectivity index is 2.48. The first-order chi connectivity index (χ1) is 7.22. The molecule has 0 bridgehead atoms. The molecule has 2 N–H and O–H groups in total. The minimum absolute atomic E-state index is 0.754. The van der Waals surface area contributed by atoms with Gasteiger partial charge in [-0.25, -0.2) is 0 Å². The Morgan fingerprint density at radius 1 is 1.40 bits per heavy atom. The van der Waals surface area contributed by atoms with E-state index in [2.05, 4.69) is 13.0 Å². The van der Waals surface area contributed by atoms with Crippen LogP contribution in [0.2, 0.25) is 5.02 Å². The standard InChI is InChI=1S/C12H14ClNS/c1-8-10(3-2-6-14)11-5-4-9(13)7-12(11)15-8/h4-5,7H,2-3,6,14H2,1H3. The molecule has 2 aromatic rings. The molecule has 0 saturated carbocycles. The van der Waals surface area contributed by atoms with Gasteiger partial charge in [0.2, 0.25) is 0 Å². The molecule has 0 unspecified atom stereocenters. The van der Waals surface area contributed by atoms with E-state index in [1.54, 1.807) is 0 Å². The lowest BCUT2D eigenvalue weighted by Gasteiger charge is -1.99. The number of benzene rings is 1. The molecule has 1 heterocycles. The highest BCUT2D eigenvalue weighted by Crippen LogP contribution is 2.33. The Morgan fingerprint density at radius 3 is 2.93 bits per heavy atom. The van der Waals surface area contributed by atoms with Crippen LogP contribution in [0.5, 0.6) is 0 Å². The maximum atomic E-state index is 5.97. The van der Waals surface area contributed by atoms with Crippen molar-refractivity contribution in [2.75, 3.05) is 6.54 Å². The second kappa shape index (κ2) is 4.52. The molecule has 0 aliphatic heterocycles. The number of nitrogens with two attached hydrogens (primary N) is 1. The molecule has 0 atom stereocenters. The van der Waals surface area contributed by atoms with Crippen molar-refractivity contribution in [1.29, 1.82) is 0 Å². The van der Waals surface area contributed by atoms with Gasteiger partial charge in [0.15, 0.2) is 0 Å². The van der Waals surface area contributed by atoms with E-state index in [1.807, 2.05) is 23.5 Å². The largest absolute Gasteiger partial charge is 0.330 e. The SMILES string of the molecule is Cc1sc2cc(Cl)ccc2c1CCCN. The van der Waals surface area contributed by atoms with Crippen molar-refractivity contribution >= 4 is 33.0 Å². The lowest BCUT2D eigenvalue weighted by Crippen LogP contribution is -2.00. The van der Waals surface area contributed by atoms with E-state index >= 15 is 0 Å². The average Bonchev–Trinajstić information content (AvgIpc) is 2.50. The molecule has 2 rings (SSSR count). The van der Waals surface area contributed by atoms with Crippen LogP contribution < -0.4 is 5.73 Å². The average molecular weight is 240 g/mol. The van der Waals surface area contributed by atoms with Gasteiger partial charge < -0.3 is 5.73 Å². The molecule has 80 valence electrons. The van der Waals surface area contributed by atoms with E-state index < -0.39 is 0 Å². The molecule has 0 saturated heterocycles. The number of thiophene rings is 1. The number of halogens is 1. The zero-order valence-electron chi connectivity index (χ0n) is 8.72. The molecule has 1 nitrogen and oxygen atoms in total. The first-order valence-electron chi connectivity index (χ1n) is 5.10. The van der Waals surface area contributed by atoms with Gasteiger partial charge in [-0.3, -0.25) is 0 Å². The van der Waals surface area contributed by atoms with Crippen molar-refractivity contribution in [2.45, 2.75) is 19.8 Å². The van der Waals surface area contributed by atoms with E-state index in [-0.39, 0.29) is 0 Å². The molecular formula is C12H14ClNS. The summed E-state index contributed by atoms with van der Waals surface area (Å²) in [6.45, 7) is 2.93. The van der Waals surface area contributed by atoms with Crippen molar-refractivity contribution in [3.63, 3.8) is 0 Å². The molecule has 0 amide bonds. The highest BCUT2D eigenvalue weighted by molar-refractivity contribution is 7.19. The topological polar surface area (TPSA) is 26.0 Å². The number of aryl methyl sites for hydroxylation is 2. The Labute approximate surface area is 98.9 Å². The van der Waals surface area contributed by atoms with E-state index in [4.69, 9.17) is 17.3 Å². The van der Waals surface area contributed by atoms with Gasteiger partial charge in [0.05, 0.1) is 0 Å². The Kier molecular flexibility index (Phi) is 3.29. The van der Waals surface area contributed by atoms with E-state index in [9.17, 15) is 0 Å². The molecule has 1 aromatic carbocycles. The number of rotatable bonds is 3. The summed E-state index contributed by atoms with van der Waals surface area (Å²) in [5, 5.41) is 2.16. The Hall–Kier alpha value is -0.570. The second-order valence-corrected chi connectivity index (χ2v) is 5.36. The zero-order valence-corrected chi connectivity index (χ0v) is 10.3. The van der Waals surface area contributed by atoms with Crippen LogP contribution in [0.25, 0.3) is 10.1 Å². The third kappa shape index (κ3) is 2.17. The van der Waals surface area contributed by atoms with Gasteiger partial charge in [0.1, 0.15) is 0 Å². The molecule has 0 radical (unpaired) electrons. The van der Waals surface area contributed by atoms with Gasteiger partial charge >= 0.3 is 0 Å². The summed E-state index contributed by atoms with van der Waals surface area (Å²) in [5.41, 5.74) is 6.99. The van der Waals surface area contributed by atoms with Crippen LogP contribution in [0, 0.1) is 6.92 Å². The molecule has 0 fully saturated rings. The molecule has 3 heteroatoms. The van der Waals surface area contributed by atoms with Crippen LogP contribution in [0.3, 0.4) is 0 Å². The molecular weight excluding hydrogens is 226 g/mol. The van der Waals surface area contributed by atoms with Crippen LogP contribution in [-0.4, -0.2) is 6.54 Å². The fraction of sp³-hybridized carbons (Fsp3) is 0.333. The van der Waals surface area contributed by atoms with Gasteiger partial charge in [-0.2, -0.15) is 0 Å². The fourth-order valence-electron chi connectivity index (χ4n) is 1.84. The maximum Gasteiger partial charge on any atom is 0.0420 e. The van der Waals surface area contributed by atoms with E-state index in [0.29, 0.717) is 0 Å². The number of fused-ring (bicyclic) bond motifs is 1. The predicted molar refractivity (Wildman–Crippen MR) is 68.9 cm³/mol. The quantitative estimate of drug-likeness (QED) is 0.867. The minimum atomic E-state index is 0.754. The molecule has 1 aromatic heterocycles. The highest BCUT2D eigenvalue weighted by Gasteiger charge is 2.08. The smallest absolute Gasteiger partial charge is 0.0420 e. The lowest BCUT2D eigenvalue weighted by molar-refractivity contribution is 0.835. The second-order valence-electron chi connectivity index (χ2n) is 3.67. The van der Waals surface area contributed by atoms with Gasteiger partial charge in [0, 0.05) is 14.6 Å². The Morgan fingerprint density at radius 2 is 2.20 bits per heavy atom. The normalized spacial score (nSPS) is 11.1. The number of hydrogen-bond acceptors (Lipinski definition) is 2. The van der Waals surface area contributed by atoms with Crippen LogP contribution in [-0.2, 0) is 6.42 Å². The van der Waals surface area contributed by atoms with Crippen molar-refractivity contribution in [3.05, 3.63) is 33.7 Å². The van der Waals surface area contributed by atoms with Crippen molar-refractivity contribution in [1.82, 2.24) is 0 Å². The third-order valence-electron chi connectivity index (χ3n) is 2.59. The van der Waals surface area contributed by atoms with Crippen LogP contribution >= 0.6 is 22.9 Å². The summed E-state index contributed by atoms with van der Waals surface area (Å²) < 4.78 is 1.28. The van der Waals surface area contributed by atoms with Gasteiger partial charge in [0.25, 0.3) is 0 Å². The summed E-state index contributed by atoms with van der Waals surface area (Å²) >= 11 is 7.79. The van der Waals surface area contributed by atoms with Gasteiger partial charge in [-0.15, -0.1) is 11.3 Å². The lowest BCUT2D eigenvalue weighted by atomic mass is 10.1. The molecule has 15 heavy (non-hydrogen) atoms. The first-order valence-corrected chi connectivity index (χ1v) is 6.29. The minimum Gasteiger partial charge on any atom is -0.330 e. The van der Waals surface area contributed by atoms with E-state index in [1.165, 1.54) is 20.5 Å². The molecule has 0 aliphatic carbocycles. The maximum absolute atomic E-state index is 5.97. The summed E-state index contributed by atoms with van der Waals surface area (Å²) in [4.78, 5) is 1.39. The highest BCUT2D eigenvalue weighted by atomic mass is 35.5. The van der Waals surface area contributed by atoms with Crippen LogP contribution in [0.15, 0.2) is 18.2 Å². The zero-order chi connectivity index (χ0) is 10.8. The van der Waals surface area contributed by atoms with E-state index in [0.717, 1.165) is 24.4 Å².